The zero-order chi connectivity index (χ0) is 15.4. The van der Waals surface area contributed by atoms with Gasteiger partial charge in [-0.05, 0) is 30.7 Å². The number of carbonyl (C=O) groups excluding carboxylic acids is 1. The number of aliphatic hydroxyl groups excluding tert-OH is 1. The summed E-state index contributed by atoms with van der Waals surface area (Å²) in [6, 6.07) is 3.82. The van der Waals surface area contributed by atoms with E-state index in [1.807, 2.05) is 0 Å². The van der Waals surface area contributed by atoms with E-state index in [0.29, 0.717) is 6.54 Å². The minimum atomic E-state index is -0.582. The maximum atomic E-state index is 12.1. The van der Waals surface area contributed by atoms with Crippen molar-refractivity contribution in [3.05, 3.63) is 38.9 Å². The Labute approximate surface area is 127 Å². The molecule has 7 heteroatoms. The molecule has 1 aliphatic carbocycles. The summed E-state index contributed by atoms with van der Waals surface area (Å²) >= 11 is 5.79. The molecule has 1 amide bonds. The summed E-state index contributed by atoms with van der Waals surface area (Å²) in [7, 11) is 0. The average Bonchev–Trinajstić information content (AvgIpc) is 2.91. The van der Waals surface area contributed by atoms with Crippen molar-refractivity contribution < 1.29 is 14.8 Å². The van der Waals surface area contributed by atoms with Gasteiger partial charge in [0.15, 0.2) is 0 Å². The van der Waals surface area contributed by atoms with Crippen LogP contribution in [0.5, 0.6) is 0 Å². The molecule has 0 bridgehead atoms. The average molecular weight is 313 g/mol. The lowest BCUT2D eigenvalue weighted by molar-refractivity contribution is -0.384. The fraction of sp³-hybridized carbons (Fsp3) is 0.500. The zero-order valence-electron chi connectivity index (χ0n) is 11.4. The van der Waals surface area contributed by atoms with Crippen LogP contribution in [-0.2, 0) is 0 Å². The van der Waals surface area contributed by atoms with Gasteiger partial charge in [-0.25, -0.2) is 0 Å². The zero-order valence-corrected chi connectivity index (χ0v) is 12.2. The van der Waals surface area contributed by atoms with Gasteiger partial charge >= 0.3 is 0 Å². The fourth-order valence-electron chi connectivity index (χ4n) is 2.76. The summed E-state index contributed by atoms with van der Waals surface area (Å²) in [5, 5.41) is 22.9. The molecule has 2 rings (SSSR count). The van der Waals surface area contributed by atoms with Crippen molar-refractivity contribution in [3.8, 4) is 0 Å². The number of hydrogen-bond acceptors (Lipinski definition) is 4. The predicted molar refractivity (Wildman–Crippen MR) is 78.4 cm³/mol. The molecule has 114 valence electrons. The molecule has 2 atom stereocenters. The topological polar surface area (TPSA) is 92.5 Å². The Balaban J connectivity index is 2.02. The second-order valence-corrected chi connectivity index (χ2v) is 5.74. The molecule has 0 aromatic heterocycles. The van der Waals surface area contributed by atoms with Crippen LogP contribution in [0.2, 0.25) is 5.02 Å². The van der Waals surface area contributed by atoms with Gasteiger partial charge in [-0.3, -0.25) is 14.9 Å². The van der Waals surface area contributed by atoms with Gasteiger partial charge in [-0.2, -0.15) is 0 Å². The third kappa shape index (κ3) is 3.92. The van der Waals surface area contributed by atoms with Crippen LogP contribution in [0.3, 0.4) is 0 Å². The highest BCUT2D eigenvalue weighted by atomic mass is 35.5. The molecule has 1 fully saturated rings. The first-order chi connectivity index (χ1) is 10.0. The molecule has 6 nitrogen and oxygen atoms in total. The van der Waals surface area contributed by atoms with E-state index < -0.39 is 4.92 Å². The van der Waals surface area contributed by atoms with Gasteiger partial charge in [-0.1, -0.05) is 18.0 Å². The quantitative estimate of drug-likeness (QED) is 0.645. The van der Waals surface area contributed by atoms with Crippen molar-refractivity contribution in [2.24, 2.45) is 11.8 Å². The smallest absolute Gasteiger partial charge is 0.271 e. The molecule has 0 saturated heterocycles. The molecule has 21 heavy (non-hydrogen) atoms. The number of hydrogen-bond donors (Lipinski definition) is 2. The molecule has 1 aromatic carbocycles. The molecule has 0 spiro atoms. The highest BCUT2D eigenvalue weighted by molar-refractivity contribution is 6.31. The molecule has 2 unspecified atom stereocenters. The van der Waals surface area contributed by atoms with Crippen molar-refractivity contribution in [1.29, 1.82) is 0 Å². The van der Waals surface area contributed by atoms with Gasteiger partial charge in [0.2, 0.25) is 0 Å². The van der Waals surface area contributed by atoms with Crippen molar-refractivity contribution in [1.82, 2.24) is 5.32 Å². The van der Waals surface area contributed by atoms with Crippen LogP contribution in [0, 0.1) is 22.0 Å². The Hall–Kier alpha value is -1.66. The number of aliphatic hydroxyl groups is 1. The Bertz CT molecular complexity index is 550. The number of halogens is 1. The standard InChI is InChI=1S/C14H17ClN2O4/c15-12-4-11(5-13(6-12)17(20)21)14(19)16-7-9-2-1-3-10(9)8-18/h4-6,9-10,18H,1-3,7-8H2,(H,16,19). The number of nitrogens with zero attached hydrogens (tertiary/aromatic N) is 1. The summed E-state index contributed by atoms with van der Waals surface area (Å²) < 4.78 is 0. The minimum Gasteiger partial charge on any atom is -0.396 e. The molecule has 1 aromatic rings. The highest BCUT2D eigenvalue weighted by Gasteiger charge is 2.27. The summed E-state index contributed by atoms with van der Waals surface area (Å²) in [5.41, 5.74) is -0.0329. The van der Waals surface area contributed by atoms with Crippen molar-refractivity contribution >= 4 is 23.2 Å². The van der Waals surface area contributed by atoms with Gasteiger partial charge in [0, 0.05) is 35.9 Å². The van der Waals surface area contributed by atoms with E-state index in [9.17, 15) is 20.0 Å². The molecule has 2 N–H and O–H groups in total. The third-order valence-electron chi connectivity index (χ3n) is 3.93. The summed E-state index contributed by atoms with van der Waals surface area (Å²) in [6.07, 6.45) is 3.00. The SMILES string of the molecule is O=C(NCC1CCCC1CO)c1cc(Cl)cc([N+](=O)[O-])c1. The maximum absolute atomic E-state index is 12.1. The Morgan fingerprint density at radius 2 is 2.10 bits per heavy atom. The van der Waals surface area contributed by atoms with Crippen LogP contribution in [-0.4, -0.2) is 29.1 Å². The van der Waals surface area contributed by atoms with Crippen LogP contribution in [0.25, 0.3) is 0 Å². The lowest BCUT2D eigenvalue weighted by Gasteiger charge is -2.17. The van der Waals surface area contributed by atoms with Gasteiger partial charge in [0.25, 0.3) is 11.6 Å². The van der Waals surface area contributed by atoms with Gasteiger partial charge in [-0.15, -0.1) is 0 Å². The largest absolute Gasteiger partial charge is 0.396 e. The predicted octanol–water partition coefficient (Wildman–Crippen LogP) is 2.39. The van der Waals surface area contributed by atoms with Crippen molar-refractivity contribution in [3.63, 3.8) is 0 Å². The van der Waals surface area contributed by atoms with Crippen LogP contribution in [0.4, 0.5) is 5.69 Å². The first-order valence-corrected chi connectivity index (χ1v) is 7.23. The van der Waals surface area contributed by atoms with Crippen LogP contribution < -0.4 is 5.32 Å². The number of nitro benzene ring substituents is 1. The first kappa shape index (κ1) is 15.7. The Morgan fingerprint density at radius 3 is 2.76 bits per heavy atom. The van der Waals surface area contributed by atoms with Crippen molar-refractivity contribution in [2.45, 2.75) is 19.3 Å². The number of rotatable bonds is 5. The molecular weight excluding hydrogens is 296 g/mol. The van der Waals surface area contributed by atoms with Crippen LogP contribution in [0.1, 0.15) is 29.6 Å². The number of amides is 1. The lowest BCUT2D eigenvalue weighted by Crippen LogP contribution is -2.31. The monoisotopic (exact) mass is 312 g/mol. The normalized spacial score (nSPS) is 21.2. The highest BCUT2D eigenvalue weighted by Crippen LogP contribution is 2.30. The number of non-ortho nitro benzene ring substituents is 1. The summed E-state index contributed by atoms with van der Waals surface area (Å²) in [4.78, 5) is 22.3. The van der Waals surface area contributed by atoms with E-state index in [1.54, 1.807) is 0 Å². The maximum Gasteiger partial charge on any atom is 0.271 e. The van der Waals surface area contributed by atoms with Crippen LogP contribution in [0.15, 0.2) is 18.2 Å². The van der Waals surface area contributed by atoms with Gasteiger partial charge in [0.05, 0.1) is 4.92 Å². The van der Waals surface area contributed by atoms with Crippen LogP contribution >= 0.6 is 11.6 Å². The lowest BCUT2D eigenvalue weighted by atomic mass is 9.97. The summed E-state index contributed by atoms with van der Waals surface area (Å²) in [6.45, 7) is 0.591. The number of nitrogens with one attached hydrogen (secondary N) is 1. The van der Waals surface area contributed by atoms with Gasteiger partial charge in [0.1, 0.15) is 0 Å². The molecule has 0 heterocycles. The number of nitro groups is 1. The second kappa shape index (κ2) is 6.87. The minimum absolute atomic E-state index is 0.128. The molecule has 0 radical (unpaired) electrons. The van der Waals surface area contributed by atoms with E-state index >= 15 is 0 Å². The van der Waals surface area contributed by atoms with Crippen molar-refractivity contribution in [2.75, 3.05) is 13.2 Å². The molecule has 1 saturated carbocycles. The molecular formula is C14H17ClN2O4. The fourth-order valence-corrected chi connectivity index (χ4v) is 2.99. The number of benzene rings is 1. The first-order valence-electron chi connectivity index (χ1n) is 6.85. The van der Waals surface area contributed by atoms with Gasteiger partial charge < -0.3 is 10.4 Å². The molecule has 0 aliphatic heterocycles. The van der Waals surface area contributed by atoms with E-state index in [0.717, 1.165) is 19.3 Å². The second-order valence-electron chi connectivity index (χ2n) is 5.30. The van der Waals surface area contributed by atoms with E-state index in [1.165, 1.54) is 18.2 Å². The third-order valence-corrected chi connectivity index (χ3v) is 4.15. The van der Waals surface area contributed by atoms with E-state index in [-0.39, 0.29) is 40.6 Å². The number of carbonyl (C=O) groups is 1. The summed E-state index contributed by atoms with van der Waals surface area (Å²) in [5.74, 6) is 0.0938. The molecule has 1 aliphatic rings. The Kier molecular flexibility index (Phi) is 5.14. The Morgan fingerprint density at radius 1 is 1.38 bits per heavy atom. The van der Waals surface area contributed by atoms with E-state index in [2.05, 4.69) is 5.32 Å². The van der Waals surface area contributed by atoms with E-state index in [4.69, 9.17) is 11.6 Å².